The maximum atomic E-state index is 3.34. The van der Waals surface area contributed by atoms with E-state index in [-0.39, 0.29) is 0 Å². The Balaban J connectivity index is 2.10. The van der Waals surface area contributed by atoms with Crippen LogP contribution in [0.3, 0.4) is 0 Å². The van der Waals surface area contributed by atoms with Crippen LogP contribution in [-0.4, -0.2) is 23.8 Å². The molecule has 0 bridgehead atoms. The van der Waals surface area contributed by atoms with Crippen molar-refractivity contribution in [1.29, 1.82) is 0 Å². The molecule has 0 aliphatic carbocycles. The maximum Gasteiger partial charge on any atom is 0.0742 e. The van der Waals surface area contributed by atoms with E-state index in [2.05, 4.69) is 36.5 Å². The van der Waals surface area contributed by atoms with Crippen LogP contribution in [0.2, 0.25) is 0 Å². The quantitative estimate of drug-likeness (QED) is 0.592. The summed E-state index contributed by atoms with van der Waals surface area (Å²) in [6.07, 6.45) is 4.58. The molecule has 0 aromatic carbocycles. The molecule has 3 nitrogen and oxygen atoms in total. The van der Waals surface area contributed by atoms with E-state index >= 15 is 0 Å². The number of rotatable bonds is 0. The van der Waals surface area contributed by atoms with Crippen molar-refractivity contribution < 1.29 is 0 Å². The Morgan fingerprint density at radius 3 is 2.69 bits per heavy atom. The number of hydrogen-bond donors (Lipinski definition) is 2. The van der Waals surface area contributed by atoms with Crippen LogP contribution in [0.4, 0.5) is 0 Å². The third-order valence-corrected chi connectivity index (χ3v) is 3.29. The van der Waals surface area contributed by atoms with Crippen molar-refractivity contribution in [2.24, 2.45) is 5.41 Å². The lowest BCUT2D eigenvalue weighted by Gasteiger charge is -2.43. The van der Waals surface area contributed by atoms with Gasteiger partial charge in [0.05, 0.1) is 12.8 Å². The molecule has 0 saturated carbocycles. The first-order valence-electron chi connectivity index (χ1n) is 5.33. The molecule has 2 heterocycles. The minimum Gasteiger partial charge on any atom is -0.269 e. The molecule has 0 spiro atoms. The van der Waals surface area contributed by atoms with E-state index in [0.717, 1.165) is 12.7 Å². The van der Waals surface area contributed by atoms with Gasteiger partial charge in [-0.05, 0) is 24.7 Å². The van der Waals surface area contributed by atoms with Gasteiger partial charge in [-0.1, -0.05) is 20.8 Å². The highest BCUT2D eigenvalue weighted by molar-refractivity contribution is 4.91. The SMILES string of the molecule is CC(C)(C)C1CCCC2NNCN21. The minimum atomic E-state index is 0.409. The monoisotopic (exact) mass is 183 g/mol. The van der Waals surface area contributed by atoms with E-state index in [1.54, 1.807) is 0 Å². The van der Waals surface area contributed by atoms with Crippen molar-refractivity contribution in [3.05, 3.63) is 0 Å². The summed E-state index contributed by atoms with van der Waals surface area (Å²) < 4.78 is 0. The molecular weight excluding hydrogens is 162 g/mol. The normalized spacial score (nSPS) is 36.2. The molecule has 2 fully saturated rings. The lowest BCUT2D eigenvalue weighted by molar-refractivity contribution is 0.0414. The first kappa shape index (κ1) is 9.44. The van der Waals surface area contributed by atoms with Gasteiger partial charge >= 0.3 is 0 Å². The zero-order chi connectivity index (χ0) is 9.47. The summed E-state index contributed by atoms with van der Waals surface area (Å²) in [6, 6.07) is 0.730. The largest absolute Gasteiger partial charge is 0.269 e. The smallest absolute Gasteiger partial charge is 0.0742 e. The summed E-state index contributed by atoms with van der Waals surface area (Å²) in [7, 11) is 0. The van der Waals surface area contributed by atoms with Crippen LogP contribution in [0.15, 0.2) is 0 Å². The number of piperidine rings is 1. The van der Waals surface area contributed by atoms with Gasteiger partial charge in [0.15, 0.2) is 0 Å². The summed E-state index contributed by atoms with van der Waals surface area (Å²) in [6.45, 7) is 8.04. The summed E-state index contributed by atoms with van der Waals surface area (Å²) in [5.41, 5.74) is 6.99. The number of hydrazine groups is 1. The third-order valence-electron chi connectivity index (χ3n) is 3.29. The fraction of sp³-hybridized carbons (Fsp3) is 1.00. The molecule has 2 aliphatic heterocycles. The van der Waals surface area contributed by atoms with E-state index in [0.29, 0.717) is 11.6 Å². The van der Waals surface area contributed by atoms with Gasteiger partial charge in [-0.2, -0.15) is 0 Å². The molecule has 2 saturated heterocycles. The Morgan fingerprint density at radius 1 is 1.23 bits per heavy atom. The van der Waals surface area contributed by atoms with Gasteiger partial charge in [0.1, 0.15) is 0 Å². The van der Waals surface area contributed by atoms with Gasteiger partial charge in [-0.3, -0.25) is 4.90 Å². The summed E-state index contributed by atoms with van der Waals surface area (Å²) in [5.74, 6) is 0. The number of nitrogens with zero attached hydrogens (tertiary/aromatic N) is 1. The van der Waals surface area contributed by atoms with E-state index < -0.39 is 0 Å². The molecule has 2 N–H and O–H groups in total. The second-order valence-electron chi connectivity index (χ2n) is 5.32. The van der Waals surface area contributed by atoms with Gasteiger partial charge in [0.25, 0.3) is 0 Å². The van der Waals surface area contributed by atoms with Crippen LogP contribution >= 0.6 is 0 Å². The molecular formula is C10H21N3. The Bertz CT molecular complexity index is 185. The van der Waals surface area contributed by atoms with Gasteiger partial charge in [-0.25, -0.2) is 10.9 Å². The van der Waals surface area contributed by atoms with Crippen molar-refractivity contribution in [1.82, 2.24) is 15.8 Å². The average Bonchev–Trinajstić information content (AvgIpc) is 2.48. The van der Waals surface area contributed by atoms with Gasteiger partial charge in [0.2, 0.25) is 0 Å². The molecule has 0 amide bonds. The zero-order valence-electron chi connectivity index (χ0n) is 8.93. The third kappa shape index (κ3) is 1.73. The molecule has 2 rings (SSSR count). The predicted octanol–water partition coefficient (Wildman–Crippen LogP) is 1.28. The van der Waals surface area contributed by atoms with Crippen molar-refractivity contribution in [3.8, 4) is 0 Å². The zero-order valence-corrected chi connectivity index (χ0v) is 8.93. The molecule has 2 atom stereocenters. The van der Waals surface area contributed by atoms with E-state index in [1.165, 1.54) is 19.3 Å². The van der Waals surface area contributed by atoms with Crippen molar-refractivity contribution in [2.75, 3.05) is 6.67 Å². The molecule has 0 radical (unpaired) electrons. The fourth-order valence-corrected chi connectivity index (χ4v) is 2.61. The van der Waals surface area contributed by atoms with Crippen LogP contribution in [-0.2, 0) is 0 Å². The van der Waals surface area contributed by atoms with Crippen molar-refractivity contribution >= 4 is 0 Å². The van der Waals surface area contributed by atoms with Crippen LogP contribution in [0.25, 0.3) is 0 Å². The Labute approximate surface area is 80.8 Å². The van der Waals surface area contributed by atoms with Crippen molar-refractivity contribution in [2.45, 2.75) is 52.2 Å². The molecule has 0 aromatic rings. The highest BCUT2D eigenvalue weighted by Crippen LogP contribution is 2.34. The lowest BCUT2D eigenvalue weighted by atomic mass is 9.80. The lowest BCUT2D eigenvalue weighted by Crippen LogP contribution is -2.51. The number of fused-ring (bicyclic) bond motifs is 1. The highest BCUT2D eigenvalue weighted by Gasteiger charge is 2.39. The summed E-state index contributed by atoms with van der Waals surface area (Å²) >= 11 is 0. The first-order chi connectivity index (χ1) is 6.09. The van der Waals surface area contributed by atoms with E-state index in [1.807, 2.05) is 0 Å². The Hall–Kier alpha value is -0.120. The van der Waals surface area contributed by atoms with Crippen LogP contribution in [0.5, 0.6) is 0 Å². The number of nitrogens with one attached hydrogen (secondary N) is 2. The fourth-order valence-electron chi connectivity index (χ4n) is 2.61. The maximum absolute atomic E-state index is 3.34. The highest BCUT2D eigenvalue weighted by atomic mass is 15.6. The second kappa shape index (κ2) is 3.23. The molecule has 13 heavy (non-hydrogen) atoms. The van der Waals surface area contributed by atoms with Gasteiger partial charge in [0, 0.05) is 6.04 Å². The second-order valence-corrected chi connectivity index (χ2v) is 5.32. The standard InChI is InChI=1S/C10H21N3/c1-10(2,3)8-5-4-6-9-12-11-7-13(8)9/h8-9,11-12H,4-7H2,1-3H3. The van der Waals surface area contributed by atoms with Gasteiger partial charge < -0.3 is 0 Å². The molecule has 2 unspecified atom stereocenters. The Kier molecular flexibility index (Phi) is 2.34. The minimum absolute atomic E-state index is 0.409. The molecule has 2 aliphatic rings. The van der Waals surface area contributed by atoms with Crippen LogP contribution in [0.1, 0.15) is 40.0 Å². The molecule has 3 heteroatoms. The van der Waals surface area contributed by atoms with Crippen LogP contribution < -0.4 is 10.9 Å². The van der Waals surface area contributed by atoms with Gasteiger partial charge in [-0.15, -0.1) is 0 Å². The predicted molar refractivity (Wildman–Crippen MR) is 53.9 cm³/mol. The first-order valence-corrected chi connectivity index (χ1v) is 5.33. The topological polar surface area (TPSA) is 27.3 Å². The molecule has 76 valence electrons. The van der Waals surface area contributed by atoms with Crippen LogP contribution in [0, 0.1) is 5.41 Å². The summed E-state index contributed by atoms with van der Waals surface area (Å²) in [5, 5.41) is 0. The number of hydrogen-bond acceptors (Lipinski definition) is 3. The summed E-state index contributed by atoms with van der Waals surface area (Å²) in [4.78, 5) is 2.57. The van der Waals surface area contributed by atoms with E-state index in [4.69, 9.17) is 0 Å². The molecule has 0 aromatic heterocycles. The average molecular weight is 183 g/mol. The van der Waals surface area contributed by atoms with E-state index in [9.17, 15) is 0 Å². The van der Waals surface area contributed by atoms with Crippen molar-refractivity contribution in [3.63, 3.8) is 0 Å². The Morgan fingerprint density at radius 2 is 2.00 bits per heavy atom.